The number of carbonyl (C=O) groups is 1. The van der Waals surface area contributed by atoms with Gasteiger partial charge < -0.3 is 20.5 Å². The van der Waals surface area contributed by atoms with Gasteiger partial charge in [-0.2, -0.15) is 0 Å². The van der Waals surface area contributed by atoms with Crippen molar-refractivity contribution in [2.45, 2.75) is 38.4 Å². The normalized spacial score (nSPS) is 18.9. The van der Waals surface area contributed by atoms with E-state index in [-0.39, 0.29) is 17.6 Å². The summed E-state index contributed by atoms with van der Waals surface area (Å²) in [7, 11) is 1.95. The molecule has 1 saturated heterocycles. The van der Waals surface area contributed by atoms with Gasteiger partial charge >= 0.3 is 6.03 Å². The third-order valence-corrected chi connectivity index (χ3v) is 7.25. The fraction of sp³-hybridized carbons (Fsp3) is 0.393. The average Bonchev–Trinajstić information content (AvgIpc) is 3.23. The molecule has 1 fully saturated rings. The first kappa shape index (κ1) is 25.4. The van der Waals surface area contributed by atoms with Gasteiger partial charge in [0, 0.05) is 50.0 Å². The topological polar surface area (TPSA) is 92.3 Å². The van der Waals surface area contributed by atoms with Crippen molar-refractivity contribution < 1.29 is 4.79 Å². The number of nitrogens with two attached hydrogens (primary N) is 1. The van der Waals surface area contributed by atoms with Crippen molar-refractivity contribution in [3.63, 3.8) is 0 Å². The van der Waals surface area contributed by atoms with Crippen LogP contribution in [-0.2, 0) is 7.05 Å². The Balaban J connectivity index is 1.53. The summed E-state index contributed by atoms with van der Waals surface area (Å²) in [4.78, 5) is 26.2. The lowest BCUT2D eigenvalue weighted by Crippen LogP contribution is -2.55. The summed E-state index contributed by atoms with van der Waals surface area (Å²) in [5.74, 6) is 0. The van der Waals surface area contributed by atoms with Gasteiger partial charge in [0.25, 0.3) is 0 Å². The maximum atomic E-state index is 12.8. The van der Waals surface area contributed by atoms with Crippen LogP contribution >= 0.6 is 11.6 Å². The molecule has 0 radical (unpaired) electrons. The summed E-state index contributed by atoms with van der Waals surface area (Å²) in [6.07, 6.45) is 7.56. The van der Waals surface area contributed by atoms with Crippen molar-refractivity contribution in [2.24, 2.45) is 12.8 Å². The molecule has 2 aliphatic rings. The van der Waals surface area contributed by atoms with E-state index in [9.17, 15) is 4.79 Å². The quantitative estimate of drug-likeness (QED) is 0.540. The molecule has 194 valence electrons. The zero-order valence-corrected chi connectivity index (χ0v) is 22.5. The first-order valence-corrected chi connectivity index (χ1v) is 13.0. The van der Waals surface area contributed by atoms with Gasteiger partial charge in [0.2, 0.25) is 0 Å². The van der Waals surface area contributed by atoms with E-state index in [0.717, 1.165) is 46.7 Å². The number of nitrogens with zero attached hydrogens (tertiary/aromatic N) is 5. The van der Waals surface area contributed by atoms with Crippen LogP contribution < -0.4 is 11.1 Å². The smallest absolute Gasteiger partial charge is 0.317 e. The number of nitrogens with one attached hydrogen (secondary N) is 1. The van der Waals surface area contributed by atoms with Crippen molar-refractivity contribution in [3.8, 4) is 0 Å². The highest BCUT2D eigenvalue weighted by Gasteiger charge is 2.35. The van der Waals surface area contributed by atoms with Crippen molar-refractivity contribution in [1.29, 1.82) is 0 Å². The average molecular weight is 520 g/mol. The summed E-state index contributed by atoms with van der Waals surface area (Å²) in [5.41, 5.74) is 12.6. The lowest BCUT2D eigenvalue weighted by molar-refractivity contribution is 0.115. The molecule has 5 rings (SSSR count). The molecular weight excluding hydrogens is 486 g/mol. The molecule has 3 N–H and O–H groups in total. The first-order valence-electron chi connectivity index (χ1n) is 12.6. The number of aryl methyl sites for hydroxylation is 1. The highest BCUT2D eigenvalue weighted by atomic mass is 35.5. The molecule has 2 aromatic heterocycles. The second-order valence-corrected chi connectivity index (χ2v) is 11.3. The highest BCUT2D eigenvalue weighted by Crippen LogP contribution is 2.43. The largest absolute Gasteiger partial charge is 0.336 e. The SMILES string of the molecule is Cn1cncc1C(N)C1=Cc2cccnc2C(N2CCN(C(=O)NC(C)(C)C)CC2)c2ccc(Cl)cc21. The molecule has 3 aromatic rings. The van der Waals surface area contributed by atoms with Crippen molar-refractivity contribution in [2.75, 3.05) is 26.2 Å². The molecule has 0 saturated carbocycles. The maximum Gasteiger partial charge on any atom is 0.317 e. The van der Waals surface area contributed by atoms with E-state index in [1.807, 2.05) is 67.9 Å². The van der Waals surface area contributed by atoms with E-state index in [4.69, 9.17) is 22.3 Å². The van der Waals surface area contributed by atoms with Gasteiger partial charge in [-0.3, -0.25) is 9.88 Å². The number of urea groups is 1. The van der Waals surface area contributed by atoms with Gasteiger partial charge in [0.05, 0.1) is 36.0 Å². The number of halogens is 1. The molecule has 2 amide bonds. The summed E-state index contributed by atoms with van der Waals surface area (Å²) < 4.78 is 1.95. The number of pyridine rings is 1. The summed E-state index contributed by atoms with van der Waals surface area (Å²) in [5, 5.41) is 3.73. The lowest BCUT2D eigenvalue weighted by Gasteiger charge is -2.40. The molecule has 2 unspecified atom stereocenters. The number of carbonyl (C=O) groups excluding carboxylic acids is 1. The molecule has 2 atom stereocenters. The number of imidazole rings is 1. The van der Waals surface area contributed by atoms with Crippen LogP contribution in [0.3, 0.4) is 0 Å². The van der Waals surface area contributed by atoms with E-state index in [0.29, 0.717) is 18.1 Å². The predicted octanol–water partition coefficient (Wildman–Crippen LogP) is 4.24. The standard InChI is InChI=1S/C28H34ClN7O/c1-28(2,3)33-27(37)36-12-10-35(11-13-36)26-20-8-7-19(29)15-21(20)22(14-18-6-5-9-32-25(18)26)24(30)23-16-31-17-34(23)4/h5-9,14-17,24,26H,10-13,30H2,1-4H3,(H,33,37). The number of hydrogen-bond donors (Lipinski definition) is 2. The molecular formula is C28H34ClN7O. The van der Waals surface area contributed by atoms with Crippen LogP contribution in [-0.4, -0.2) is 62.1 Å². The maximum absolute atomic E-state index is 12.8. The third-order valence-electron chi connectivity index (χ3n) is 7.02. The zero-order chi connectivity index (χ0) is 26.3. The summed E-state index contributed by atoms with van der Waals surface area (Å²) >= 11 is 6.54. The van der Waals surface area contributed by atoms with Crippen LogP contribution in [0.1, 0.15) is 60.9 Å². The fourth-order valence-corrected chi connectivity index (χ4v) is 5.40. The van der Waals surface area contributed by atoms with Crippen LogP contribution in [0.15, 0.2) is 49.1 Å². The Morgan fingerprint density at radius 3 is 2.62 bits per heavy atom. The summed E-state index contributed by atoms with van der Waals surface area (Å²) in [6.45, 7) is 8.72. The van der Waals surface area contributed by atoms with Crippen LogP contribution in [0, 0.1) is 0 Å². The van der Waals surface area contributed by atoms with E-state index < -0.39 is 6.04 Å². The monoisotopic (exact) mass is 519 g/mol. The Bertz CT molecular complexity index is 1330. The Morgan fingerprint density at radius 1 is 1.19 bits per heavy atom. The molecule has 1 aromatic carbocycles. The fourth-order valence-electron chi connectivity index (χ4n) is 5.23. The van der Waals surface area contributed by atoms with Crippen molar-refractivity contribution in [1.82, 2.24) is 29.7 Å². The summed E-state index contributed by atoms with van der Waals surface area (Å²) in [6, 6.07) is 9.56. The molecule has 37 heavy (non-hydrogen) atoms. The van der Waals surface area contributed by atoms with Gasteiger partial charge in [-0.25, -0.2) is 9.78 Å². The van der Waals surface area contributed by atoms with Crippen LogP contribution in [0.25, 0.3) is 11.6 Å². The number of aromatic nitrogens is 3. The number of piperazine rings is 1. The van der Waals surface area contributed by atoms with Gasteiger partial charge in [0.1, 0.15) is 0 Å². The molecule has 0 bridgehead atoms. The molecule has 3 heterocycles. The Morgan fingerprint density at radius 2 is 1.95 bits per heavy atom. The Labute approximate surface area is 223 Å². The number of hydrogen-bond acceptors (Lipinski definition) is 5. The Hall–Kier alpha value is -3.20. The number of benzene rings is 1. The van der Waals surface area contributed by atoms with Crippen molar-refractivity contribution >= 4 is 29.3 Å². The molecule has 0 spiro atoms. The predicted molar refractivity (Wildman–Crippen MR) is 147 cm³/mol. The second-order valence-electron chi connectivity index (χ2n) is 10.8. The lowest BCUT2D eigenvalue weighted by atomic mass is 9.90. The van der Waals surface area contributed by atoms with Crippen LogP contribution in [0.5, 0.6) is 0 Å². The van der Waals surface area contributed by atoms with Gasteiger partial charge in [-0.05, 0) is 67.3 Å². The van der Waals surface area contributed by atoms with Crippen molar-refractivity contribution in [3.05, 3.63) is 82.2 Å². The highest BCUT2D eigenvalue weighted by molar-refractivity contribution is 6.30. The number of amides is 2. The van der Waals surface area contributed by atoms with E-state index in [1.165, 1.54) is 0 Å². The van der Waals surface area contributed by atoms with Crippen LogP contribution in [0.2, 0.25) is 5.02 Å². The van der Waals surface area contributed by atoms with E-state index in [2.05, 4.69) is 33.4 Å². The Kier molecular flexibility index (Phi) is 6.83. The number of rotatable bonds is 3. The van der Waals surface area contributed by atoms with Gasteiger partial charge in [0.15, 0.2) is 0 Å². The minimum atomic E-state index is -0.394. The number of fused-ring (bicyclic) bond motifs is 2. The third kappa shape index (κ3) is 5.14. The zero-order valence-electron chi connectivity index (χ0n) is 21.8. The molecule has 9 heteroatoms. The molecule has 8 nitrogen and oxygen atoms in total. The van der Waals surface area contributed by atoms with Gasteiger partial charge in [-0.15, -0.1) is 0 Å². The molecule has 1 aliphatic heterocycles. The molecule has 1 aliphatic carbocycles. The van der Waals surface area contributed by atoms with E-state index in [1.54, 1.807) is 6.33 Å². The minimum absolute atomic E-state index is 0.0233. The first-order chi connectivity index (χ1) is 17.6. The van der Waals surface area contributed by atoms with Gasteiger partial charge in [-0.1, -0.05) is 23.7 Å². The van der Waals surface area contributed by atoms with Crippen LogP contribution in [0.4, 0.5) is 4.79 Å². The second kappa shape index (κ2) is 9.93. The minimum Gasteiger partial charge on any atom is -0.336 e. The van der Waals surface area contributed by atoms with E-state index >= 15 is 0 Å².